The monoisotopic (exact) mass is 191 g/mol. The van der Waals surface area contributed by atoms with Gasteiger partial charge in [0, 0.05) is 23.2 Å². The minimum absolute atomic E-state index is 0.463. The van der Waals surface area contributed by atoms with E-state index < -0.39 is 0 Å². The Bertz CT molecular complexity index is 462. The van der Waals surface area contributed by atoms with Gasteiger partial charge in [0.1, 0.15) is 5.75 Å². The molecule has 1 aromatic heterocycles. The number of nitrogens with zero attached hydrogens (tertiary/aromatic N) is 1. The standard InChI is InChI=1S/C10H13N3O/c1-6-8-4-10(14-2)7(5-11)3-9(8)13-12-6/h3-4H,5,11H2,1-2H3,(H,12,13). The summed E-state index contributed by atoms with van der Waals surface area (Å²) in [6.07, 6.45) is 0. The number of hydrogen-bond acceptors (Lipinski definition) is 3. The van der Waals surface area contributed by atoms with Crippen LogP contribution in [-0.2, 0) is 6.54 Å². The highest BCUT2D eigenvalue weighted by Gasteiger charge is 2.07. The van der Waals surface area contributed by atoms with E-state index >= 15 is 0 Å². The number of fused-ring (bicyclic) bond motifs is 1. The van der Waals surface area contributed by atoms with E-state index in [1.54, 1.807) is 7.11 Å². The van der Waals surface area contributed by atoms with Crippen molar-refractivity contribution in [1.82, 2.24) is 10.2 Å². The normalized spacial score (nSPS) is 10.8. The van der Waals surface area contributed by atoms with Gasteiger partial charge in [-0.05, 0) is 19.1 Å². The number of aromatic nitrogens is 2. The molecule has 0 unspecified atom stereocenters. The molecule has 0 aliphatic carbocycles. The second-order valence-electron chi connectivity index (χ2n) is 3.23. The lowest BCUT2D eigenvalue weighted by Crippen LogP contribution is -1.99. The van der Waals surface area contributed by atoms with Crippen LogP contribution in [0.3, 0.4) is 0 Å². The Kier molecular flexibility index (Phi) is 2.13. The number of ether oxygens (including phenoxy) is 1. The van der Waals surface area contributed by atoms with E-state index in [4.69, 9.17) is 10.5 Å². The molecule has 1 heterocycles. The SMILES string of the molecule is COc1cc2c(C)[nH]nc2cc1CN. The first kappa shape index (κ1) is 9.02. The van der Waals surface area contributed by atoms with Crippen molar-refractivity contribution in [3.05, 3.63) is 23.4 Å². The van der Waals surface area contributed by atoms with E-state index in [2.05, 4.69) is 10.2 Å². The number of aryl methyl sites for hydroxylation is 1. The third-order valence-electron chi connectivity index (χ3n) is 2.37. The zero-order valence-corrected chi connectivity index (χ0v) is 8.29. The smallest absolute Gasteiger partial charge is 0.124 e. The van der Waals surface area contributed by atoms with Crippen LogP contribution < -0.4 is 10.5 Å². The average molecular weight is 191 g/mol. The molecule has 2 aromatic rings. The lowest BCUT2D eigenvalue weighted by molar-refractivity contribution is 0.410. The van der Waals surface area contributed by atoms with Gasteiger partial charge in [0.15, 0.2) is 0 Å². The Morgan fingerprint density at radius 2 is 2.29 bits per heavy atom. The van der Waals surface area contributed by atoms with Gasteiger partial charge in [-0.1, -0.05) is 0 Å². The predicted octanol–water partition coefficient (Wildman–Crippen LogP) is 1.34. The van der Waals surface area contributed by atoms with Gasteiger partial charge in [-0.15, -0.1) is 0 Å². The van der Waals surface area contributed by atoms with Crippen LogP contribution in [0.4, 0.5) is 0 Å². The largest absolute Gasteiger partial charge is 0.496 e. The number of H-pyrrole nitrogens is 1. The summed E-state index contributed by atoms with van der Waals surface area (Å²) in [5.41, 5.74) is 8.56. The van der Waals surface area contributed by atoms with E-state index in [9.17, 15) is 0 Å². The molecular weight excluding hydrogens is 178 g/mol. The maximum absolute atomic E-state index is 5.61. The molecule has 14 heavy (non-hydrogen) atoms. The molecule has 74 valence electrons. The highest BCUT2D eigenvalue weighted by Crippen LogP contribution is 2.25. The van der Waals surface area contributed by atoms with Crippen molar-refractivity contribution in [2.45, 2.75) is 13.5 Å². The maximum atomic E-state index is 5.61. The predicted molar refractivity (Wildman–Crippen MR) is 55.3 cm³/mol. The molecule has 0 spiro atoms. The molecule has 1 aromatic carbocycles. The first-order valence-electron chi connectivity index (χ1n) is 4.48. The van der Waals surface area contributed by atoms with E-state index in [-0.39, 0.29) is 0 Å². The molecular formula is C10H13N3O. The first-order chi connectivity index (χ1) is 6.76. The minimum atomic E-state index is 0.463. The van der Waals surface area contributed by atoms with Gasteiger partial charge >= 0.3 is 0 Å². The third kappa shape index (κ3) is 1.24. The third-order valence-corrected chi connectivity index (χ3v) is 2.37. The number of rotatable bonds is 2. The van der Waals surface area contributed by atoms with Crippen LogP contribution in [-0.4, -0.2) is 17.3 Å². The second kappa shape index (κ2) is 3.31. The Balaban J connectivity index is 2.71. The fourth-order valence-corrected chi connectivity index (χ4v) is 1.56. The van der Waals surface area contributed by atoms with Crippen LogP contribution in [0.25, 0.3) is 10.9 Å². The van der Waals surface area contributed by atoms with Crippen molar-refractivity contribution in [1.29, 1.82) is 0 Å². The van der Waals surface area contributed by atoms with Crippen LogP contribution in [0.2, 0.25) is 0 Å². The molecule has 4 heteroatoms. The van der Waals surface area contributed by atoms with Gasteiger partial charge in [0.2, 0.25) is 0 Å². The van der Waals surface area contributed by atoms with Crippen molar-refractivity contribution in [3.63, 3.8) is 0 Å². The number of hydrogen-bond donors (Lipinski definition) is 2. The number of aromatic amines is 1. The zero-order valence-electron chi connectivity index (χ0n) is 8.29. The van der Waals surface area contributed by atoms with Crippen LogP contribution in [0.5, 0.6) is 5.75 Å². The van der Waals surface area contributed by atoms with Crippen LogP contribution in [0, 0.1) is 6.92 Å². The molecule has 0 amide bonds. The Hall–Kier alpha value is -1.55. The van der Waals surface area contributed by atoms with E-state index in [0.717, 1.165) is 27.9 Å². The summed E-state index contributed by atoms with van der Waals surface area (Å²) in [5, 5.41) is 8.18. The number of benzene rings is 1. The first-order valence-corrected chi connectivity index (χ1v) is 4.48. The minimum Gasteiger partial charge on any atom is -0.496 e. The Labute approximate surface area is 82.1 Å². The average Bonchev–Trinajstić information content (AvgIpc) is 2.58. The molecule has 0 radical (unpaired) electrons. The van der Waals surface area contributed by atoms with Gasteiger partial charge in [-0.2, -0.15) is 5.10 Å². The summed E-state index contributed by atoms with van der Waals surface area (Å²) in [6.45, 7) is 2.45. The van der Waals surface area contributed by atoms with Crippen molar-refractivity contribution in [2.24, 2.45) is 5.73 Å². The number of nitrogens with two attached hydrogens (primary N) is 1. The molecule has 4 nitrogen and oxygen atoms in total. The summed E-state index contributed by atoms with van der Waals surface area (Å²) in [7, 11) is 1.65. The summed E-state index contributed by atoms with van der Waals surface area (Å²) in [4.78, 5) is 0. The lowest BCUT2D eigenvalue weighted by atomic mass is 10.1. The van der Waals surface area contributed by atoms with Crippen molar-refractivity contribution in [2.75, 3.05) is 7.11 Å². The highest BCUT2D eigenvalue weighted by atomic mass is 16.5. The topological polar surface area (TPSA) is 63.9 Å². The molecule has 0 aliphatic rings. The number of nitrogens with one attached hydrogen (secondary N) is 1. The van der Waals surface area contributed by atoms with E-state index in [1.165, 1.54) is 0 Å². The zero-order chi connectivity index (χ0) is 10.1. The molecule has 0 bridgehead atoms. The van der Waals surface area contributed by atoms with Crippen molar-refractivity contribution < 1.29 is 4.74 Å². The summed E-state index contributed by atoms with van der Waals surface area (Å²) in [6, 6.07) is 3.92. The summed E-state index contributed by atoms with van der Waals surface area (Å²) < 4.78 is 5.25. The fraction of sp³-hybridized carbons (Fsp3) is 0.300. The number of methoxy groups -OCH3 is 1. The molecule has 3 N–H and O–H groups in total. The molecule has 0 saturated carbocycles. The lowest BCUT2D eigenvalue weighted by Gasteiger charge is -2.05. The van der Waals surface area contributed by atoms with Crippen LogP contribution in [0.15, 0.2) is 12.1 Å². The van der Waals surface area contributed by atoms with Gasteiger partial charge in [0.25, 0.3) is 0 Å². The Morgan fingerprint density at radius 1 is 1.50 bits per heavy atom. The van der Waals surface area contributed by atoms with Gasteiger partial charge in [0.05, 0.1) is 12.6 Å². The summed E-state index contributed by atoms with van der Waals surface area (Å²) in [5.74, 6) is 0.824. The van der Waals surface area contributed by atoms with Crippen molar-refractivity contribution >= 4 is 10.9 Å². The second-order valence-corrected chi connectivity index (χ2v) is 3.23. The molecule has 0 saturated heterocycles. The maximum Gasteiger partial charge on any atom is 0.124 e. The van der Waals surface area contributed by atoms with Gasteiger partial charge in [-0.3, -0.25) is 5.10 Å². The quantitative estimate of drug-likeness (QED) is 0.752. The molecule has 0 atom stereocenters. The van der Waals surface area contributed by atoms with E-state index in [1.807, 2.05) is 19.1 Å². The van der Waals surface area contributed by atoms with Crippen LogP contribution in [0.1, 0.15) is 11.3 Å². The van der Waals surface area contributed by atoms with Crippen molar-refractivity contribution in [3.8, 4) is 5.75 Å². The molecule has 0 aliphatic heterocycles. The molecule has 0 fully saturated rings. The molecule has 2 rings (SSSR count). The van der Waals surface area contributed by atoms with Gasteiger partial charge in [-0.25, -0.2) is 0 Å². The van der Waals surface area contributed by atoms with Crippen LogP contribution >= 0.6 is 0 Å². The fourth-order valence-electron chi connectivity index (χ4n) is 1.56. The van der Waals surface area contributed by atoms with E-state index in [0.29, 0.717) is 6.54 Å². The Morgan fingerprint density at radius 3 is 2.93 bits per heavy atom. The summed E-state index contributed by atoms with van der Waals surface area (Å²) >= 11 is 0. The van der Waals surface area contributed by atoms with Gasteiger partial charge < -0.3 is 10.5 Å². The highest BCUT2D eigenvalue weighted by molar-refractivity contribution is 5.83.